The maximum Gasteiger partial charge on any atom is 2.00 e. The van der Waals surface area contributed by atoms with Crippen molar-refractivity contribution in [3.8, 4) is 0 Å². The number of halogens is 2. The number of hydrogen-bond acceptors (Lipinski definition) is 0. The maximum absolute atomic E-state index is 4.81. The first kappa shape index (κ1) is 31.5. The molecule has 0 atom stereocenters. The summed E-state index contributed by atoms with van der Waals surface area (Å²) in [5.74, 6) is 0. The van der Waals surface area contributed by atoms with Gasteiger partial charge in [-0.25, -0.2) is 24.3 Å². The molecular weight excluding hydrogens is 559 g/mol. The van der Waals surface area contributed by atoms with Gasteiger partial charge in [-0.3, -0.25) is 0 Å². The van der Waals surface area contributed by atoms with E-state index in [-0.39, 0.29) is 48.9 Å². The molecule has 0 N–H and O–H groups in total. The molecule has 0 fully saturated rings. The molecule has 0 aliphatic rings. The second-order valence-electron chi connectivity index (χ2n) is 7.52. The average Bonchev–Trinajstić information content (AvgIpc) is 3.21. The van der Waals surface area contributed by atoms with Crippen LogP contribution in [-0.4, -0.2) is 22.6 Å². The summed E-state index contributed by atoms with van der Waals surface area (Å²) in [6.07, 6.45) is 0. The van der Waals surface area contributed by atoms with Crippen LogP contribution < -0.4 is 10.6 Å². The molecule has 166 valence electrons. The zero-order valence-electron chi connectivity index (χ0n) is 18.2. The Morgan fingerprint density at radius 3 is 1.07 bits per heavy atom. The maximum atomic E-state index is 4.81. The topological polar surface area (TPSA) is 0 Å². The van der Waals surface area contributed by atoms with Crippen molar-refractivity contribution in [2.75, 3.05) is 0 Å². The van der Waals surface area contributed by atoms with Gasteiger partial charge in [0.2, 0.25) is 0 Å². The summed E-state index contributed by atoms with van der Waals surface area (Å²) in [7, 11) is 9.75. The molecule has 2 rings (SSSR count). The Morgan fingerprint density at radius 1 is 0.679 bits per heavy atom. The monoisotopic (exact) mass is 594 g/mol. The van der Waals surface area contributed by atoms with Crippen LogP contribution >= 0.6 is 34.9 Å². The molecule has 28 heavy (non-hydrogen) atoms. The summed E-state index contributed by atoms with van der Waals surface area (Å²) in [6.45, 7) is 18.7. The van der Waals surface area contributed by atoms with Crippen molar-refractivity contribution in [1.82, 2.24) is 0 Å². The van der Waals surface area contributed by atoms with Gasteiger partial charge in [0.15, 0.2) is 0 Å². The van der Waals surface area contributed by atoms with Crippen molar-refractivity contribution < 1.29 is 33.0 Å². The zero-order chi connectivity index (χ0) is 21.0. The summed E-state index contributed by atoms with van der Waals surface area (Å²) in [6, 6.07) is 17.7. The molecule has 0 radical (unpaired) electrons. The fraction of sp³-hybridized carbons (Fsp3) is 0.545. The minimum atomic E-state index is -0.106. The zero-order valence-corrected chi connectivity index (χ0v) is 24.2. The van der Waals surface area contributed by atoms with E-state index < -0.39 is 0 Å². The van der Waals surface area contributed by atoms with E-state index in [1.165, 1.54) is 0 Å². The van der Waals surface area contributed by atoms with Crippen molar-refractivity contribution in [2.24, 2.45) is 0 Å². The molecular formula is C22H36Cl2FeP2Pd. The molecule has 2 aromatic rings. The summed E-state index contributed by atoms with van der Waals surface area (Å²) >= 11 is -0.106. The second kappa shape index (κ2) is 17.9. The Hall–Kier alpha value is 1.32. The first-order valence-electron chi connectivity index (χ1n) is 9.49. The summed E-state index contributed by atoms with van der Waals surface area (Å²) < 4.78 is 0. The van der Waals surface area contributed by atoms with Crippen LogP contribution in [0.4, 0.5) is 0 Å². The second-order valence-corrected chi connectivity index (χ2v) is 16.7. The van der Waals surface area contributed by atoms with Gasteiger partial charge in [-0.1, -0.05) is 71.2 Å². The van der Waals surface area contributed by atoms with Crippen molar-refractivity contribution in [1.29, 1.82) is 0 Å². The Labute approximate surface area is 203 Å². The van der Waals surface area contributed by atoms with Gasteiger partial charge in [0, 0.05) is 0 Å². The van der Waals surface area contributed by atoms with E-state index >= 15 is 0 Å². The summed E-state index contributed by atoms with van der Waals surface area (Å²) in [5.41, 5.74) is 3.23. The number of hydrogen-bond donors (Lipinski definition) is 0. The smallest absolute Gasteiger partial charge is 2.00 e. The predicted molar refractivity (Wildman–Crippen MR) is 129 cm³/mol. The van der Waals surface area contributed by atoms with E-state index in [2.05, 4.69) is 104 Å². The van der Waals surface area contributed by atoms with Gasteiger partial charge in [-0.2, -0.15) is 24.3 Å². The van der Waals surface area contributed by atoms with Crippen molar-refractivity contribution in [3.05, 3.63) is 48.5 Å². The standard InChI is InChI=1S/2C11H18P.2ClH.Fe.Pd/c2*1-9(2)12(10(3)4)11-7-5-6-8-11;;;;/h2*5-10H,1-4H3;2*1H;;/q2*-1;;;2*+2/p-2. The van der Waals surface area contributed by atoms with Crippen molar-refractivity contribution in [3.63, 3.8) is 0 Å². The van der Waals surface area contributed by atoms with Crippen LogP contribution in [0.3, 0.4) is 0 Å². The minimum absolute atomic E-state index is 0. The number of rotatable bonds is 6. The molecule has 0 spiro atoms. The van der Waals surface area contributed by atoms with Gasteiger partial charge in [-0.15, -0.1) is 10.6 Å². The van der Waals surface area contributed by atoms with Crippen molar-refractivity contribution >= 4 is 45.5 Å². The molecule has 0 unspecified atom stereocenters. The van der Waals surface area contributed by atoms with E-state index in [4.69, 9.17) is 19.1 Å². The SMILES string of the molecule is CC(C)P(c1ccc[cH-]1)C(C)C.CC(C)P(c1ccc[cH-]1)C(C)C.[Cl][Pd][Cl].[Fe+2]. The van der Waals surface area contributed by atoms with Gasteiger partial charge in [0.1, 0.15) is 0 Å². The van der Waals surface area contributed by atoms with Gasteiger partial charge >= 0.3 is 52.1 Å². The van der Waals surface area contributed by atoms with Gasteiger partial charge in [-0.05, 0) is 22.6 Å². The molecule has 0 saturated heterocycles. The fourth-order valence-corrected chi connectivity index (χ4v) is 9.26. The van der Waals surface area contributed by atoms with E-state index in [1.54, 1.807) is 10.6 Å². The largest absolute Gasteiger partial charge is 2.00 e. The van der Waals surface area contributed by atoms with Crippen LogP contribution in [0.25, 0.3) is 0 Å². The van der Waals surface area contributed by atoms with Crippen LogP contribution in [0.2, 0.25) is 0 Å². The first-order chi connectivity index (χ1) is 12.7. The van der Waals surface area contributed by atoms with Crippen LogP contribution in [0.5, 0.6) is 0 Å². The molecule has 0 aliphatic carbocycles. The Bertz CT molecular complexity index is 489. The van der Waals surface area contributed by atoms with Crippen LogP contribution in [-0.2, 0) is 33.0 Å². The Morgan fingerprint density at radius 2 is 0.929 bits per heavy atom. The van der Waals surface area contributed by atoms with Crippen LogP contribution in [0, 0.1) is 0 Å². The summed E-state index contributed by atoms with van der Waals surface area (Å²) in [4.78, 5) is 0. The Balaban J connectivity index is 0. The molecule has 0 aliphatic heterocycles. The molecule has 2 aromatic carbocycles. The van der Waals surface area contributed by atoms with E-state index in [1.807, 2.05) is 0 Å². The van der Waals surface area contributed by atoms with E-state index in [0.29, 0.717) is 0 Å². The molecule has 0 saturated carbocycles. The predicted octanol–water partition coefficient (Wildman–Crippen LogP) is 8.03. The van der Waals surface area contributed by atoms with E-state index in [0.717, 1.165) is 22.6 Å². The van der Waals surface area contributed by atoms with Gasteiger partial charge in [0.05, 0.1) is 0 Å². The van der Waals surface area contributed by atoms with Gasteiger partial charge < -0.3 is 0 Å². The molecule has 0 amide bonds. The van der Waals surface area contributed by atoms with Crippen LogP contribution in [0.1, 0.15) is 55.4 Å². The van der Waals surface area contributed by atoms with Gasteiger partial charge in [0.25, 0.3) is 0 Å². The average molecular weight is 596 g/mol. The third-order valence-electron chi connectivity index (χ3n) is 4.11. The third kappa shape index (κ3) is 12.2. The Kier molecular flexibility index (Phi) is 20.2. The molecule has 0 bridgehead atoms. The summed E-state index contributed by atoms with van der Waals surface area (Å²) in [5, 5.41) is 3.13. The minimum Gasteiger partial charge on any atom is 2.00 e. The first-order valence-corrected chi connectivity index (χ1v) is 16.5. The fourth-order valence-electron chi connectivity index (χ4n) is 3.46. The van der Waals surface area contributed by atoms with Crippen LogP contribution in [0.15, 0.2) is 48.5 Å². The molecule has 0 nitrogen and oxygen atoms in total. The molecule has 0 aromatic heterocycles. The van der Waals surface area contributed by atoms with Crippen molar-refractivity contribution in [2.45, 2.75) is 78.0 Å². The normalized spacial score (nSPS) is 11.0. The molecule has 6 heteroatoms. The quantitative estimate of drug-likeness (QED) is 0.180. The van der Waals surface area contributed by atoms with E-state index in [9.17, 15) is 0 Å². The molecule has 0 heterocycles. The third-order valence-corrected chi connectivity index (χ3v) is 10.4.